The summed E-state index contributed by atoms with van der Waals surface area (Å²) in [5.41, 5.74) is 0. The first kappa shape index (κ1) is 10.9. The molecular formula is C12H21NO2. The third kappa shape index (κ3) is 2.71. The molecule has 0 N–H and O–H groups in total. The van der Waals surface area contributed by atoms with Gasteiger partial charge in [-0.3, -0.25) is 4.79 Å². The van der Waals surface area contributed by atoms with E-state index < -0.39 is 0 Å². The number of hydrogen-bond acceptors (Lipinski definition) is 3. The Balaban J connectivity index is 1.72. The molecule has 3 nitrogen and oxygen atoms in total. The second-order valence-corrected chi connectivity index (χ2v) is 4.74. The maximum absolute atomic E-state index is 11.3. The number of fused-ring (bicyclic) bond motifs is 2. The maximum Gasteiger partial charge on any atom is 0.305 e. The maximum atomic E-state index is 11.3. The second-order valence-electron chi connectivity index (χ2n) is 4.74. The van der Waals surface area contributed by atoms with Crippen LogP contribution in [0.15, 0.2) is 0 Å². The summed E-state index contributed by atoms with van der Waals surface area (Å²) in [7, 11) is 0. The highest BCUT2D eigenvalue weighted by Gasteiger charge is 2.33. The molecule has 0 radical (unpaired) electrons. The van der Waals surface area contributed by atoms with Gasteiger partial charge in [-0.25, -0.2) is 0 Å². The summed E-state index contributed by atoms with van der Waals surface area (Å²) in [5, 5.41) is 0. The van der Waals surface area contributed by atoms with Crippen molar-refractivity contribution in [1.82, 2.24) is 4.90 Å². The summed E-state index contributed by atoms with van der Waals surface area (Å²) in [6.45, 7) is 6.17. The molecule has 2 aliphatic rings. The highest BCUT2D eigenvalue weighted by Crippen LogP contribution is 2.34. The van der Waals surface area contributed by atoms with Crippen LogP contribution in [-0.2, 0) is 9.53 Å². The molecule has 0 aromatic carbocycles. The standard InChI is InChI=1S/C12H21NO2/c1-2-15-12(14)4-3-10-5-7-13-8-6-11(10)9-13/h10-11H,2-9H2,1H3. The van der Waals surface area contributed by atoms with Crippen LogP contribution in [0.2, 0.25) is 0 Å². The highest BCUT2D eigenvalue weighted by molar-refractivity contribution is 5.69. The van der Waals surface area contributed by atoms with Gasteiger partial charge in [-0.2, -0.15) is 0 Å². The van der Waals surface area contributed by atoms with Gasteiger partial charge in [0.15, 0.2) is 0 Å². The van der Waals surface area contributed by atoms with Crippen LogP contribution in [0.1, 0.15) is 32.6 Å². The zero-order chi connectivity index (χ0) is 10.7. The van der Waals surface area contributed by atoms with Gasteiger partial charge in [0.05, 0.1) is 6.61 Å². The molecule has 15 heavy (non-hydrogen) atoms. The molecule has 0 spiro atoms. The van der Waals surface area contributed by atoms with Gasteiger partial charge < -0.3 is 9.64 Å². The topological polar surface area (TPSA) is 29.5 Å². The fraction of sp³-hybridized carbons (Fsp3) is 0.917. The minimum Gasteiger partial charge on any atom is -0.466 e. The number of ether oxygens (including phenoxy) is 1. The van der Waals surface area contributed by atoms with Crippen LogP contribution in [0.3, 0.4) is 0 Å². The van der Waals surface area contributed by atoms with Crippen LogP contribution in [0.4, 0.5) is 0 Å². The number of hydrogen-bond donors (Lipinski definition) is 0. The number of nitrogens with zero attached hydrogens (tertiary/aromatic N) is 1. The summed E-state index contributed by atoms with van der Waals surface area (Å²) >= 11 is 0. The lowest BCUT2D eigenvalue weighted by Crippen LogP contribution is -2.32. The van der Waals surface area contributed by atoms with Crippen LogP contribution in [0, 0.1) is 11.8 Å². The molecule has 0 aliphatic carbocycles. The van der Waals surface area contributed by atoms with E-state index in [0.29, 0.717) is 13.0 Å². The van der Waals surface area contributed by atoms with Crippen molar-refractivity contribution in [2.45, 2.75) is 32.6 Å². The van der Waals surface area contributed by atoms with Gasteiger partial charge in [0.2, 0.25) is 0 Å². The molecule has 2 heterocycles. The van der Waals surface area contributed by atoms with E-state index in [9.17, 15) is 4.79 Å². The molecule has 2 saturated heterocycles. The van der Waals surface area contributed by atoms with Crippen molar-refractivity contribution in [3.05, 3.63) is 0 Å². The SMILES string of the molecule is CCOC(=O)CCC1CCN2CCC1C2. The number of carbonyl (C=O) groups excluding carboxylic acids is 1. The number of rotatable bonds is 4. The van der Waals surface area contributed by atoms with Gasteiger partial charge in [-0.1, -0.05) is 0 Å². The van der Waals surface area contributed by atoms with E-state index in [1.807, 2.05) is 6.92 Å². The molecule has 3 atom stereocenters. The number of carbonyl (C=O) groups is 1. The quantitative estimate of drug-likeness (QED) is 0.662. The second kappa shape index (κ2) is 4.97. The number of esters is 1. The summed E-state index contributed by atoms with van der Waals surface area (Å²) in [4.78, 5) is 13.8. The van der Waals surface area contributed by atoms with Crippen LogP contribution in [0.5, 0.6) is 0 Å². The first-order chi connectivity index (χ1) is 7.29. The molecule has 2 rings (SSSR count). The Morgan fingerprint density at radius 3 is 3.00 bits per heavy atom. The molecular weight excluding hydrogens is 190 g/mol. The molecule has 2 fully saturated rings. The molecule has 0 saturated carbocycles. The van der Waals surface area contributed by atoms with Crippen molar-refractivity contribution in [2.75, 3.05) is 26.2 Å². The van der Waals surface area contributed by atoms with E-state index in [4.69, 9.17) is 4.74 Å². The van der Waals surface area contributed by atoms with Crippen molar-refractivity contribution in [2.24, 2.45) is 11.8 Å². The minimum absolute atomic E-state index is 0.0158. The van der Waals surface area contributed by atoms with E-state index in [0.717, 1.165) is 18.3 Å². The lowest BCUT2D eigenvalue weighted by molar-refractivity contribution is -0.143. The molecule has 3 unspecified atom stereocenters. The van der Waals surface area contributed by atoms with E-state index in [-0.39, 0.29) is 5.97 Å². The lowest BCUT2D eigenvalue weighted by Gasteiger charge is -2.30. The Morgan fingerprint density at radius 2 is 2.20 bits per heavy atom. The van der Waals surface area contributed by atoms with Crippen molar-refractivity contribution in [1.29, 1.82) is 0 Å². The molecule has 0 aromatic rings. The van der Waals surface area contributed by atoms with Crippen molar-refractivity contribution in [3.63, 3.8) is 0 Å². The van der Waals surface area contributed by atoms with E-state index in [2.05, 4.69) is 4.90 Å². The summed E-state index contributed by atoms with van der Waals surface area (Å²) < 4.78 is 4.96. The fourth-order valence-electron chi connectivity index (χ4n) is 2.95. The van der Waals surface area contributed by atoms with Gasteiger partial charge in [0.1, 0.15) is 0 Å². The Labute approximate surface area is 91.8 Å². The first-order valence-corrected chi connectivity index (χ1v) is 6.17. The first-order valence-electron chi connectivity index (χ1n) is 6.17. The highest BCUT2D eigenvalue weighted by atomic mass is 16.5. The van der Waals surface area contributed by atoms with Crippen molar-refractivity contribution >= 4 is 5.97 Å². The Morgan fingerprint density at radius 1 is 1.40 bits per heavy atom. The zero-order valence-electron chi connectivity index (χ0n) is 9.58. The van der Waals surface area contributed by atoms with Crippen LogP contribution in [0.25, 0.3) is 0 Å². The van der Waals surface area contributed by atoms with Crippen LogP contribution in [-0.4, -0.2) is 37.1 Å². The molecule has 86 valence electrons. The summed E-state index contributed by atoms with van der Waals surface area (Å²) in [6.07, 6.45) is 4.28. The zero-order valence-corrected chi connectivity index (χ0v) is 9.58. The largest absolute Gasteiger partial charge is 0.466 e. The fourth-order valence-corrected chi connectivity index (χ4v) is 2.95. The van der Waals surface area contributed by atoms with Gasteiger partial charge >= 0.3 is 5.97 Å². The summed E-state index contributed by atoms with van der Waals surface area (Å²) in [6, 6.07) is 0. The van der Waals surface area contributed by atoms with E-state index in [1.165, 1.54) is 32.5 Å². The van der Waals surface area contributed by atoms with Crippen LogP contribution >= 0.6 is 0 Å². The van der Waals surface area contributed by atoms with E-state index in [1.54, 1.807) is 0 Å². The molecule has 0 amide bonds. The Hall–Kier alpha value is -0.570. The van der Waals surface area contributed by atoms with Gasteiger partial charge in [-0.15, -0.1) is 0 Å². The predicted molar refractivity (Wildman–Crippen MR) is 58.5 cm³/mol. The third-order valence-corrected chi connectivity index (χ3v) is 3.82. The Kier molecular flexibility index (Phi) is 3.62. The van der Waals surface area contributed by atoms with Gasteiger partial charge in [-0.05, 0) is 51.1 Å². The minimum atomic E-state index is -0.0158. The molecule has 2 bridgehead atoms. The third-order valence-electron chi connectivity index (χ3n) is 3.82. The van der Waals surface area contributed by atoms with E-state index >= 15 is 0 Å². The van der Waals surface area contributed by atoms with Crippen molar-refractivity contribution in [3.8, 4) is 0 Å². The average Bonchev–Trinajstić information content (AvgIpc) is 2.61. The van der Waals surface area contributed by atoms with Gasteiger partial charge in [0.25, 0.3) is 0 Å². The molecule has 3 heteroatoms. The Bertz CT molecular complexity index is 230. The smallest absolute Gasteiger partial charge is 0.305 e. The molecule has 0 aromatic heterocycles. The van der Waals surface area contributed by atoms with Crippen LogP contribution < -0.4 is 0 Å². The molecule has 2 aliphatic heterocycles. The summed E-state index contributed by atoms with van der Waals surface area (Å²) in [5.74, 6) is 1.61. The normalized spacial score (nSPS) is 34.1. The lowest BCUT2D eigenvalue weighted by atomic mass is 9.84. The predicted octanol–water partition coefficient (Wildman–Crippen LogP) is 1.67. The number of piperidine rings is 1. The van der Waals surface area contributed by atoms with Gasteiger partial charge in [0, 0.05) is 13.0 Å². The van der Waals surface area contributed by atoms with Crippen molar-refractivity contribution < 1.29 is 9.53 Å². The monoisotopic (exact) mass is 211 g/mol. The average molecular weight is 211 g/mol.